The van der Waals surface area contributed by atoms with Crippen LogP contribution in [0.25, 0.3) is 5.57 Å². The van der Waals surface area contributed by atoms with Crippen LogP contribution in [0.1, 0.15) is 73.3 Å². The van der Waals surface area contributed by atoms with Gasteiger partial charge >= 0.3 is 0 Å². The van der Waals surface area contributed by atoms with Crippen LogP contribution in [-0.2, 0) is 4.74 Å². The summed E-state index contributed by atoms with van der Waals surface area (Å²) in [5.74, 6) is 3.48. The van der Waals surface area contributed by atoms with E-state index in [1.807, 2.05) is 19.1 Å². The van der Waals surface area contributed by atoms with Crippen molar-refractivity contribution in [1.29, 1.82) is 0 Å². The van der Waals surface area contributed by atoms with Gasteiger partial charge in [0, 0.05) is 17.8 Å². The second-order valence-electron chi connectivity index (χ2n) is 11.2. The maximum atomic E-state index is 12.1. The van der Waals surface area contributed by atoms with Crippen LogP contribution in [0.2, 0.25) is 0 Å². The fourth-order valence-corrected chi connectivity index (χ4v) is 5.97. The van der Waals surface area contributed by atoms with Crippen molar-refractivity contribution >= 4 is 28.9 Å². The molecule has 1 aliphatic carbocycles. The van der Waals surface area contributed by atoms with Gasteiger partial charge in [0.05, 0.1) is 30.1 Å². The van der Waals surface area contributed by atoms with Crippen molar-refractivity contribution in [2.45, 2.75) is 59.8 Å². The highest BCUT2D eigenvalue weighted by Crippen LogP contribution is 2.41. The number of Topliss-reactive ketones (excluding diaryl/α,β-unsaturated/α-hetero) is 1. The molecule has 2 atom stereocenters. The van der Waals surface area contributed by atoms with Gasteiger partial charge in [-0.15, -0.1) is 0 Å². The van der Waals surface area contributed by atoms with E-state index in [1.165, 1.54) is 42.0 Å². The van der Waals surface area contributed by atoms with Gasteiger partial charge in [-0.25, -0.2) is 4.58 Å². The number of nitrogens with zero attached hydrogens (tertiary/aromatic N) is 3. The number of hydrogen-bond donors (Lipinski definition) is 1. The minimum atomic E-state index is 0.0592. The van der Waals surface area contributed by atoms with Gasteiger partial charge in [0.2, 0.25) is 0 Å². The third-order valence-electron chi connectivity index (χ3n) is 7.96. The summed E-state index contributed by atoms with van der Waals surface area (Å²) in [6.07, 6.45) is 9.89. The number of aryl methyl sites for hydroxylation is 2. The number of fused-ring (bicyclic) bond motifs is 1. The molecule has 2 unspecified atom stereocenters. The fourth-order valence-electron chi connectivity index (χ4n) is 5.97. The van der Waals surface area contributed by atoms with Gasteiger partial charge in [-0.3, -0.25) is 9.78 Å². The van der Waals surface area contributed by atoms with Gasteiger partial charge < -0.3 is 15.0 Å². The van der Waals surface area contributed by atoms with E-state index in [2.05, 4.69) is 66.2 Å². The first-order chi connectivity index (χ1) is 18.3. The van der Waals surface area contributed by atoms with Crippen LogP contribution < -0.4 is 10.2 Å². The summed E-state index contributed by atoms with van der Waals surface area (Å²) in [6.45, 7) is 10.6. The molecule has 38 heavy (non-hydrogen) atoms. The molecule has 200 valence electrons. The zero-order chi connectivity index (χ0) is 26.8. The molecule has 1 fully saturated rings. The second kappa shape index (κ2) is 11.1. The predicted molar refractivity (Wildman–Crippen MR) is 155 cm³/mol. The normalized spacial score (nSPS) is 22.0. The molecule has 0 radical (unpaired) electrons. The lowest BCUT2D eigenvalue weighted by Crippen LogP contribution is -2.27. The SMILES string of the molecule is CC/C=C1/Nc2ccc(C)cc2N1CC1CCC(COC2=C(c3cc(C(C)=O)cc(C)n3)C=[N+](C)CC2)C1. The Balaban J connectivity index is 1.27. The first kappa shape index (κ1) is 26.2. The Morgan fingerprint density at radius 1 is 1.21 bits per heavy atom. The molecule has 5 rings (SSSR count). The summed E-state index contributed by atoms with van der Waals surface area (Å²) in [5, 5.41) is 3.63. The number of ether oxygens (including phenoxy) is 1. The van der Waals surface area contributed by atoms with Crippen LogP contribution in [0.4, 0.5) is 11.4 Å². The summed E-state index contributed by atoms with van der Waals surface area (Å²) in [6, 6.07) is 10.4. The Morgan fingerprint density at radius 2 is 2.03 bits per heavy atom. The van der Waals surface area contributed by atoms with E-state index in [1.54, 1.807) is 6.92 Å². The van der Waals surface area contributed by atoms with Crippen LogP contribution in [0.15, 0.2) is 48.0 Å². The first-order valence-corrected chi connectivity index (χ1v) is 14.1. The maximum absolute atomic E-state index is 12.1. The Hall–Kier alpha value is -3.41. The minimum Gasteiger partial charge on any atom is -0.496 e. The third kappa shape index (κ3) is 5.69. The molecule has 1 saturated carbocycles. The fraction of sp³-hybridized carbons (Fsp3) is 0.469. The van der Waals surface area contributed by atoms with Crippen molar-refractivity contribution in [2.75, 3.05) is 37.0 Å². The molecular formula is C32H41N4O2+. The standard InChI is InChI=1S/C32H41N4O2/c1-6-7-32-34-28-11-8-21(2)14-30(28)36(32)18-24-9-10-25(16-24)20-38-31-12-13-35(5)19-27(31)29-17-26(23(4)37)15-22(3)33-29/h7-8,11,14-15,17,19,24-25,34H,6,9-10,12-13,16,18,20H2,1-5H3/q+1/b32-7-. The molecule has 0 bridgehead atoms. The van der Waals surface area contributed by atoms with Crippen LogP contribution in [0, 0.1) is 25.7 Å². The summed E-state index contributed by atoms with van der Waals surface area (Å²) in [7, 11) is 2.08. The molecule has 1 aromatic carbocycles. The van der Waals surface area contributed by atoms with Crippen LogP contribution in [0.5, 0.6) is 0 Å². The van der Waals surface area contributed by atoms with Crippen LogP contribution in [0.3, 0.4) is 0 Å². The molecular weight excluding hydrogens is 472 g/mol. The van der Waals surface area contributed by atoms with Crippen molar-refractivity contribution in [3.05, 3.63) is 70.5 Å². The molecule has 0 saturated heterocycles. The number of hydrogen-bond acceptors (Lipinski definition) is 5. The second-order valence-corrected chi connectivity index (χ2v) is 11.2. The van der Waals surface area contributed by atoms with Gasteiger partial charge in [-0.2, -0.15) is 0 Å². The van der Waals surface area contributed by atoms with Gasteiger partial charge in [0.1, 0.15) is 30.7 Å². The Kier molecular flexibility index (Phi) is 7.68. The van der Waals surface area contributed by atoms with E-state index >= 15 is 0 Å². The number of nitrogens with one attached hydrogen (secondary N) is 1. The van der Waals surface area contributed by atoms with Crippen molar-refractivity contribution < 1.29 is 14.1 Å². The molecule has 2 aromatic rings. The molecule has 0 spiro atoms. The monoisotopic (exact) mass is 513 g/mol. The highest BCUT2D eigenvalue weighted by atomic mass is 16.5. The molecule has 6 heteroatoms. The lowest BCUT2D eigenvalue weighted by molar-refractivity contribution is -0.492. The van der Waals surface area contributed by atoms with Gasteiger partial charge in [0.15, 0.2) is 12.0 Å². The van der Waals surface area contributed by atoms with E-state index in [9.17, 15) is 4.79 Å². The van der Waals surface area contributed by atoms with E-state index < -0.39 is 0 Å². The number of carbonyl (C=O) groups excluding carboxylic acids is 1. The lowest BCUT2D eigenvalue weighted by atomic mass is 10.0. The van der Waals surface area contributed by atoms with Crippen molar-refractivity contribution in [3.8, 4) is 0 Å². The number of allylic oxidation sites excluding steroid dienone is 2. The third-order valence-corrected chi connectivity index (χ3v) is 7.96. The number of anilines is 2. The van der Waals surface area contributed by atoms with E-state index in [-0.39, 0.29) is 5.78 Å². The Labute approximate surface area is 227 Å². The van der Waals surface area contributed by atoms with E-state index in [0.717, 1.165) is 55.3 Å². The van der Waals surface area contributed by atoms with Gasteiger partial charge in [-0.1, -0.05) is 13.0 Å². The smallest absolute Gasteiger partial charge is 0.176 e. The maximum Gasteiger partial charge on any atom is 0.176 e. The number of carbonyl (C=O) groups is 1. The summed E-state index contributed by atoms with van der Waals surface area (Å²) < 4.78 is 8.71. The Morgan fingerprint density at radius 3 is 2.82 bits per heavy atom. The zero-order valence-corrected chi connectivity index (χ0v) is 23.5. The summed E-state index contributed by atoms with van der Waals surface area (Å²) in [5.41, 5.74) is 7.19. The number of pyridine rings is 1. The number of rotatable bonds is 8. The highest BCUT2D eigenvalue weighted by molar-refractivity contribution is 6.08. The molecule has 1 aromatic heterocycles. The lowest BCUT2D eigenvalue weighted by Gasteiger charge is -2.24. The molecule has 2 aliphatic heterocycles. The number of ketones is 1. The average molecular weight is 514 g/mol. The quantitative estimate of drug-likeness (QED) is 0.329. The molecule has 1 N–H and O–H groups in total. The zero-order valence-electron chi connectivity index (χ0n) is 23.5. The van der Waals surface area contributed by atoms with E-state index in [0.29, 0.717) is 17.4 Å². The van der Waals surface area contributed by atoms with Crippen molar-refractivity contribution in [1.82, 2.24) is 4.98 Å². The summed E-state index contributed by atoms with van der Waals surface area (Å²) >= 11 is 0. The van der Waals surface area contributed by atoms with Crippen molar-refractivity contribution in [3.63, 3.8) is 0 Å². The molecule has 6 nitrogen and oxygen atoms in total. The van der Waals surface area contributed by atoms with Gasteiger partial charge in [-0.05, 0) is 94.2 Å². The largest absolute Gasteiger partial charge is 0.496 e. The Bertz CT molecular complexity index is 1320. The molecule has 0 amide bonds. The first-order valence-electron chi connectivity index (χ1n) is 14.1. The number of aromatic nitrogens is 1. The van der Waals surface area contributed by atoms with Crippen LogP contribution in [-0.4, -0.2) is 48.3 Å². The highest BCUT2D eigenvalue weighted by Gasteiger charge is 2.32. The number of benzene rings is 1. The molecule has 3 heterocycles. The van der Waals surface area contributed by atoms with Crippen LogP contribution >= 0.6 is 0 Å². The summed E-state index contributed by atoms with van der Waals surface area (Å²) in [4.78, 5) is 19.3. The topological polar surface area (TPSA) is 57.5 Å². The molecule has 3 aliphatic rings. The minimum absolute atomic E-state index is 0.0592. The predicted octanol–water partition coefficient (Wildman–Crippen LogP) is 6.35. The van der Waals surface area contributed by atoms with E-state index in [4.69, 9.17) is 9.72 Å². The van der Waals surface area contributed by atoms with Crippen molar-refractivity contribution in [2.24, 2.45) is 11.8 Å². The average Bonchev–Trinajstić information content (AvgIpc) is 3.47. The van der Waals surface area contributed by atoms with Gasteiger partial charge in [0.25, 0.3) is 0 Å².